The highest BCUT2D eigenvalue weighted by atomic mass is 35.5. The molecule has 0 aromatic heterocycles. The lowest BCUT2D eigenvalue weighted by Crippen LogP contribution is -2.52. The molecule has 0 spiro atoms. The zero-order chi connectivity index (χ0) is 17.8. The van der Waals surface area contributed by atoms with Crippen molar-refractivity contribution in [1.29, 1.82) is 0 Å². The van der Waals surface area contributed by atoms with E-state index in [-0.39, 0.29) is 11.9 Å². The molecule has 1 amide bonds. The molecule has 1 atom stereocenters. The molecule has 4 nitrogen and oxygen atoms in total. The minimum absolute atomic E-state index is 0.0166. The van der Waals surface area contributed by atoms with Crippen LogP contribution in [0.2, 0.25) is 5.02 Å². The van der Waals surface area contributed by atoms with E-state index in [1.54, 1.807) is 6.07 Å². The van der Waals surface area contributed by atoms with E-state index in [4.69, 9.17) is 11.6 Å². The van der Waals surface area contributed by atoms with Crippen molar-refractivity contribution in [3.8, 4) is 0 Å². The predicted octanol–water partition coefficient (Wildman–Crippen LogP) is 3.80. The summed E-state index contributed by atoms with van der Waals surface area (Å²) in [7, 11) is 0. The molecule has 132 valence electrons. The fourth-order valence-corrected chi connectivity index (χ4v) is 3.34. The maximum absolute atomic E-state index is 12.5. The average molecular weight is 358 g/mol. The van der Waals surface area contributed by atoms with Crippen LogP contribution in [0.15, 0.2) is 48.5 Å². The minimum Gasteiger partial charge on any atom is -0.369 e. The second-order valence-corrected chi connectivity index (χ2v) is 6.91. The first-order valence-electron chi connectivity index (χ1n) is 8.65. The molecule has 1 N–H and O–H groups in total. The van der Waals surface area contributed by atoms with Crippen molar-refractivity contribution in [2.45, 2.75) is 19.9 Å². The van der Waals surface area contributed by atoms with Crippen LogP contribution in [0.25, 0.3) is 0 Å². The van der Waals surface area contributed by atoms with Crippen molar-refractivity contribution in [2.24, 2.45) is 0 Å². The van der Waals surface area contributed by atoms with Gasteiger partial charge in [-0.3, -0.25) is 9.69 Å². The van der Waals surface area contributed by atoms with Gasteiger partial charge in [-0.25, -0.2) is 0 Å². The van der Waals surface area contributed by atoms with Gasteiger partial charge in [0.25, 0.3) is 0 Å². The van der Waals surface area contributed by atoms with Crippen molar-refractivity contribution in [2.75, 3.05) is 36.4 Å². The molecular formula is C20H24ClN3O. The summed E-state index contributed by atoms with van der Waals surface area (Å²) in [6.07, 6.45) is 0. The van der Waals surface area contributed by atoms with E-state index >= 15 is 0 Å². The number of nitrogens with one attached hydrogen (secondary N) is 1. The molecule has 1 aliphatic rings. The van der Waals surface area contributed by atoms with E-state index in [1.165, 1.54) is 11.3 Å². The van der Waals surface area contributed by atoms with E-state index in [2.05, 4.69) is 46.3 Å². The van der Waals surface area contributed by atoms with Crippen molar-refractivity contribution in [3.05, 3.63) is 59.1 Å². The van der Waals surface area contributed by atoms with Gasteiger partial charge in [-0.05, 0) is 43.7 Å². The van der Waals surface area contributed by atoms with Gasteiger partial charge in [0, 0.05) is 31.9 Å². The van der Waals surface area contributed by atoms with Crippen LogP contribution >= 0.6 is 11.6 Å². The third-order valence-corrected chi connectivity index (χ3v) is 5.07. The largest absolute Gasteiger partial charge is 0.369 e. The number of aryl methyl sites for hydroxylation is 1. The second-order valence-electron chi connectivity index (χ2n) is 6.51. The van der Waals surface area contributed by atoms with Crippen LogP contribution in [-0.4, -0.2) is 43.0 Å². The van der Waals surface area contributed by atoms with E-state index in [1.807, 2.05) is 25.1 Å². The second kappa shape index (κ2) is 7.89. The van der Waals surface area contributed by atoms with Gasteiger partial charge in [-0.2, -0.15) is 0 Å². The molecule has 2 aromatic carbocycles. The highest BCUT2D eigenvalue weighted by Gasteiger charge is 2.26. The summed E-state index contributed by atoms with van der Waals surface area (Å²) < 4.78 is 0. The van der Waals surface area contributed by atoms with Crippen LogP contribution < -0.4 is 10.2 Å². The summed E-state index contributed by atoms with van der Waals surface area (Å²) in [5.41, 5.74) is 3.19. The van der Waals surface area contributed by atoms with Gasteiger partial charge >= 0.3 is 0 Å². The normalized spacial score (nSPS) is 16.5. The van der Waals surface area contributed by atoms with Crippen LogP contribution in [0.4, 0.5) is 11.4 Å². The van der Waals surface area contributed by atoms with Crippen LogP contribution in [0.1, 0.15) is 12.5 Å². The van der Waals surface area contributed by atoms with E-state index in [9.17, 15) is 4.79 Å². The first-order chi connectivity index (χ1) is 12.0. The maximum Gasteiger partial charge on any atom is 0.241 e. The molecule has 1 aliphatic heterocycles. The quantitative estimate of drug-likeness (QED) is 0.904. The smallest absolute Gasteiger partial charge is 0.241 e. The Morgan fingerprint density at radius 1 is 1.08 bits per heavy atom. The van der Waals surface area contributed by atoms with E-state index in [0.717, 1.165) is 26.2 Å². The number of carbonyl (C=O) groups is 1. The van der Waals surface area contributed by atoms with Gasteiger partial charge in [-0.1, -0.05) is 35.9 Å². The summed E-state index contributed by atoms with van der Waals surface area (Å²) >= 11 is 6.12. The summed E-state index contributed by atoms with van der Waals surface area (Å²) in [5.74, 6) is -0.0166. The Hall–Kier alpha value is -2.04. The standard InChI is InChI=1S/C20H24ClN3O/c1-15-6-5-7-17(14-15)24-12-10-23(11-13-24)16(2)20(25)22-19-9-4-3-8-18(19)21/h3-9,14,16H,10-13H2,1-2H3,(H,22,25)/t16-/m0/s1. The fourth-order valence-electron chi connectivity index (χ4n) is 3.16. The van der Waals surface area contributed by atoms with Crippen molar-refractivity contribution >= 4 is 28.9 Å². The van der Waals surface area contributed by atoms with Crippen LogP contribution in [0, 0.1) is 6.92 Å². The SMILES string of the molecule is Cc1cccc(N2CCN([C@@H](C)C(=O)Nc3ccccc3Cl)CC2)c1. The molecule has 1 saturated heterocycles. The lowest BCUT2D eigenvalue weighted by atomic mass is 10.1. The molecule has 0 bridgehead atoms. The third-order valence-electron chi connectivity index (χ3n) is 4.74. The predicted molar refractivity (Wildman–Crippen MR) is 105 cm³/mol. The molecule has 0 radical (unpaired) electrons. The lowest BCUT2D eigenvalue weighted by Gasteiger charge is -2.38. The topological polar surface area (TPSA) is 35.6 Å². The minimum atomic E-state index is -0.184. The Morgan fingerprint density at radius 3 is 2.48 bits per heavy atom. The molecule has 5 heteroatoms. The lowest BCUT2D eigenvalue weighted by molar-refractivity contribution is -0.120. The fraction of sp³-hybridized carbons (Fsp3) is 0.350. The third kappa shape index (κ3) is 4.33. The number of anilines is 2. The number of rotatable bonds is 4. The van der Waals surface area contributed by atoms with Crippen molar-refractivity contribution < 1.29 is 4.79 Å². The van der Waals surface area contributed by atoms with Gasteiger partial charge < -0.3 is 10.2 Å². The summed E-state index contributed by atoms with van der Waals surface area (Å²) in [6, 6.07) is 15.7. The maximum atomic E-state index is 12.5. The molecule has 2 aromatic rings. The number of piperazine rings is 1. The van der Waals surface area contributed by atoms with Gasteiger partial charge in [0.2, 0.25) is 5.91 Å². The Balaban J connectivity index is 1.57. The molecule has 3 rings (SSSR count). The number of nitrogens with zero attached hydrogens (tertiary/aromatic N) is 2. The number of hydrogen-bond donors (Lipinski definition) is 1. The summed E-state index contributed by atoms with van der Waals surface area (Å²) in [4.78, 5) is 17.1. The first kappa shape index (κ1) is 17.8. The van der Waals surface area contributed by atoms with Crippen molar-refractivity contribution in [3.63, 3.8) is 0 Å². The number of carbonyl (C=O) groups excluding carboxylic acids is 1. The zero-order valence-corrected chi connectivity index (χ0v) is 15.5. The average Bonchev–Trinajstić information content (AvgIpc) is 2.63. The van der Waals surface area contributed by atoms with E-state index in [0.29, 0.717) is 10.7 Å². The zero-order valence-electron chi connectivity index (χ0n) is 14.7. The van der Waals surface area contributed by atoms with Gasteiger partial charge in [0.05, 0.1) is 16.8 Å². The number of para-hydroxylation sites is 1. The molecule has 1 heterocycles. The first-order valence-corrected chi connectivity index (χ1v) is 9.03. The highest BCUT2D eigenvalue weighted by Crippen LogP contribution is 2.22. The van der Waals surface area contributed by atoms with Crippen LogP contribution in [0.5, 0.6) is 0 Å². The molecule has 1 fully saturated rings. The monoisotopic (exact) mass is 357 g/mol. The molecule has 0 saturated carbocycles. The Labute approximate surface area is 154 Å². The molecule has 0 unspecified atom stereocenters. The number of benzene rings is 2. The number of hydrogen-bond acceptors (Lipinski definition) is 3. The molecule has 0 aliphatic carbocycles. The van der Waals surface area contributed by atoms with Crippen LogP contribution in [0.3, 0.4) is 0 Å². The molecule has 25 heavy (non-hydrogen) atoms. The Kier molecular flexibility index (Phi) is 5.61. The van der Waals surface area contributed by atoms with Crippen molar-refractivity contribution in [1.82, 2.24) is 4.90 Å². The Bertz CT molecular complexity index is 741. The van der Waals surface area contributed by atoms with E-state index < -0.39 is 0 Å². The Morgan fingerprint density at radius 2 is 1.80 bits per heavy atom. The van der Waals surface area contributed by atoms with Gasteiger partial charge in [0.15, 0.2) is 0 Å². The highest BCUT2D eigenvalue weighted by molar-refractivity contribution is 6.33. The number of amides is 1. The molecular weight excluding hydrogens is 334 g/mol. The summed E-state index contributed by atoms with van der Waals surface area (Å²) in [5, 5.41) is 3.49. The van der Waals surface area contributed by atoms with Gasteiger partial charge in [-0.15, -0.1) is 0 Å². The van der Waals surface area contributed by atoms with Gasteiger partial charge in [0.1, 0.15) is 0 Å². The summed E-state index contributed by atoms with van der Waals surface area (Å²) in [6.45, 7) is 7.64. The van der Waals surface area contributed by atoms with Crippen LogP contribution in [-0.2, 0) is 4.79 Å². The number of halogens is 1.